The van der Waals surface area contributed by atoms with E-state index in [1.807, 2.05) is 0 Å². The second-order valence-electron chi connectivity index (χ2n) is 10.9. The molecule has 5 rings (SSSR count). The molecule has 2 amide bonds. The number of nitrogens with two attached hydrogens (primary N) is 1. The number of likely N-dealkylation sites (N-methyl/N-ethyl adjacent to an activating group) is 1. The summed E-state index contributed by atoms with van der Waals surface area (Å²) >= 11 is 0. The van der Waals surface area contributed by atoms with Crippen LogP contribution in [0.4, 0.5) is 13.2 Å². The molecule has 0 heterocycles. The lowest BCUT2D eigenvalue weighted by Gasteiger charge is -2.61. The number of primary amides is 1. The van der Waals surface area contributed by atoms with Crippen LogP contribution in [-0.2, 0) is 25.8 Å². The molecule has 34 heavy (non-hydrogen) atoms. The predicted octanol–water partition coefficient (Wildman–Crippen LogP) is 3.05. The first-order valence-corrected chi connectivity index (χ1v) is 12.7. The van der Waals surface area contributed by atoms with Crippen LogP contribution in [-0.4, -0.2) is 42.7 Å². The Balaban J connectivity index is 1.62. The van der Waals surface area contributed by atoms with Crippen LogP contribution < -0.4 is 11.1 Å². The summed E-state index contributed by atoms with van der Waals surface area (Å²) in [6.07, 6.45) is -0.762. The Hall–Kier alpha value is -2.14. The molecule has 1 aromatic rings. The normalized spacial score (nSPS) is 31.0. The van der Waals surface area contributed by atoms with E-state index in [0.717, 1.165) is 25.6 Å². The van der Waals surface area contributed by atoms with E-state index in [1.54, 1.807) is 0 Å². The van der Waals surface area contributed by atoms with Crippen LogP contribution in [0.5, 0.6) is 0 Å². The molecule has 0 saturated heterocycles. The van der Waals surface area contributed by atoms with Crippen LogP contribution in [0.2, 0.25) is 0 Å². The summed E-state index contributed by atoms with van der Waals surface area (Å²) in [7, 11) is -3.56. The average molecular weight is 502 g/mol. The van der Waals surface area contributed by atoms with E-state index in [9.17, 15) is 31.2 Å². The quantitative estimate of drug-likeness (QED) is 0.624. The summed E-state index contributed by atoms with van der Waals surface area (Å²) in [5.41, 5.74) is 1.42. The van der Waals surface area contributed by atoms with Crippen LogP contribution in [0.15, 0.2) is 29.2 Å². The molecule has 4 aliphatic carbocycles. The maximum atomic E-state index is 13.5. The largest absolute Gasteiger partial charge is 0.417 e. The van der Waals surface area contributed by atoms with Gasteiger partial charge in [0.1, 0.15) is 5.54 Å². The standard InChI is InChI=1S/C23H30F3N3O4S/c1-20(2,29(3)34(32,33)17-7-5-4-6-16(17)23(24,25)26)19(31)28-22-11-14-8-15(12-22)10-21(9-14,13-22)18(27)30/h4-7,14-15H,8-13H2,1-3H3,(H2,27,30)(H,28,31). The highest BCUT2D eigenvalue weighted by Crippen LogP contribution is 2.61. The Kier molecular flexibility index (Phi) is 5.64. The molecule has 2 atom stereocenters. The minimum Gasteiger partial charge on any atom is -0.369 e. The Labute approximate surface area is 197 Å². The van der Waals surface area contributed by atoms with Gasteiger partial charge in [-0.05, 0) is 76.3 Å². The van der Waals surface area contributed by atoms with Crippen LogP contribution in [0.25, 0.3) is 0 Å². The number of halogens is 3. The molecule has 4 bridgehead atoms. The summed E-state index contributed by atoms with van der Waals surface area (Å²) < 4.78 is 67.6. The minimum atomic E-state index is -4.88. The first kappa shape index (κ1) is 25.0. The van der Waals surface area contributed by atoms with Crippen molar-refractivity contribution in [3.63, 3.8) is 0 Å². The predicted molar refractivity (Wildman–Crippen MR) is 118 cm³/mol. The van der Waals surface area contributed by atoms with Gasteiger partial charge in [0.05, 0.1) is 15.9 Å². The van der Waals surface area contributed by atoms with Gasteiger partial charge in [0.15, 0.2) is 0 Å². The number of hydrogen-bond donors (Lipinski definition) is 2. The van der Waals surface area contributed by atoms with Crippen molar-refractivity contribution in [2.75, 3.05) is 7.05 Å². The second-order valence-corrected chi connectivity index (χ2v) is 12.8. The topological polar surface area (TPSA) is 110 Å². The highest BCUT2D eigenvalue weighted by molar-refractivity contribution is 7.89. The highest BCUT2D eigenvalue weighted by Gasteiger charge is 2.61. The van der Waals surface area contributed by atoms with Gasteiger partial charge in [-0.25, -0.2) is 8.42 Å². The molecule has 3 N–H and O–H groups in total. The summed E-state index contributed by atoms with van der Waals surface area (Å²) in [5, 5.41) is 3.02. The third-order valence-corrected chi connectivity index (χ3v) is 10.2. The van der Waals surface area contributed by atoms with Crippen LogP contribution in [0.1, 0.15) is 57.9 Å². The SMILES string of the molecule is CN(C(C)(C)C(=O)NC12CC3CC(C1)CC(C(N)=O)(C3)C2)S(=O)(=O)c1ccccc1C(F)(F)F. The first-order valence-electron chi connectivity index (χ1n) is 11.3. The van der Waals surface area contributed by atoms with Crippen LogP contribution in [0, 0.1) is 17.3 Å². The Morgan fingerprint density at radius 3 is 2.18 bits per heavy atom. The third kappa shape index (κ3) is 3.90. The number of alkyl halides is 3. The minimum absolute atomic E-state index is 0.247. The number of benzene rings is 1. The number of nitrogens with zero attached hydrogens (tertiary/aromatic N) is 1. The van der Waals surface area contributed by atoms with E-state index in [-0.39, 0.29) is 17.7 Å². The molecule has 4 aliphatic rings. The molecule has 0 aromatic heterocycles. The van der Waals surface area contributed by atoms with Gasteiger partial charge in [-0.2, -0.15) is 17.5 Å². The molecule has 4 fully saturated rings. The van der Waals surface area contributed by atoms with Crippen molar-refractivity contribution in [2.24, 2.45) is 23.0 Å². The van der Waals surface area contributed by atoms with Crippen molar-refractivity contribution in [3.8, 4) is 0 Å². The van der Waals surface area contributed by atoms with E-state index >= 15 is 0 Å². The number of carbonyl (C=O) groups excluding carboxylic acids is 2. The Morgan fingerprint density at radius 1 is 1.09 bits per heavy atom. The summed E-state index contributed by atoms with van der Waals surface area (Å²) in [4.78, 5) is 24.9. The van der Waals surface area contributed by atoms with Gasteiger partial charge >= 0.3 is 6.18 Å². The number of sulfonamides is 1. The zero-order chi connectivity index (χ0) is 25.3. The van der Waals surface area contributed by atoms with Crippen molar-refractivity contribution in [1.29, 1.82) is 0 Å². The fraction of sp³-hybridized carbons (Fsp3) is 0.652. The number of nitrogens with one attached hydrogen (secondary N) is 1. The van der Waals surface area contributed by atoms with Crippen molar-refractivity contribution >= 4 is 21.8 Å². The van der Waals surface area contributed by atoms with E-state index < -0.39 is 49.1 Å². The average Bonchev–Trinajstić information content (AvgIpc) is 2.71. The number of carbonyl (C=O) groups is 2. The lowest BCUT2D eigenvalue weighted by atomic mass is 9.46. The monoisotopic (exact) mass is 501 g/mol. The Morgan fingerprint density at radius 2 is 1.65 bits per heavy atom. The second kappa shape index (κ2) is 7.68. The maximum Gasteiger partial charge on any atom is 0.417 e. The molecule has 0 radical (unpaired) electrons. The lowest BCUT2D eigenvalue weighted by Crippen LogP contribution is -2.68. The van der Waals surface area contributed by atoms with Gasteiger partial charge in [-0.15, -0.1) is 0 Å². The van der Waals surface area contributed by atoms with Gasteiger partial charge in [-0.3, -0.25) is 9.59 Å². The Bertz CT molecular complexity index is 1120. The van der Waals surface area contributed by atoms with Gasteiger partial charge in [0.2, 0.25) is 21.8 Å². The van der Waals surface area contributed by atoms with Gasteiger partial charge in [0, 0.05) is 12.6 Å². The van der Waals surface area contributed by atoms with Crippen LogP contribution >= 0.6 is 0 Å². The highest BCUT2D eigenvalue weighted by atomic mass is 32.2. The van der Waals surface area contributed by atoms with Crippen molar-refractivity contribution in [3.05, 3.63) is 29.8 Å². The lowest BCUT2D eigenvalue weighted by molar-refractivity contribution is -0.152. The molecule has 1 aromatic carbocycles. The summed E-state index contributed by atoms with van der Waals surface area (Å²) in [6.45, 7) is 2.72. The zero-order valence-electron chi connectivity index (χ0n) is 19.4. The molecule has 0 aliphatic heterocycles. The third-order valence-electron chi connectivity index (χ3n) is 8.14. The van der Waals surface area contributed by atoms with Crippen molar-refractivity contribution < 1.29 is 31.2 Å². The molecular weight excluding hydrogens is 471 g/mol. The first-order chi connectivity index (χ1) is 15.5. The molecule has 7 nitrogen and oxygen atoms in total. The molecule has 2 unspecified atom stereocenters. The smallest absolute Gasteiger partial charge is 0.369 e. The number of hydrogen-bond acceptors (Lipinski definition) is 4. The van der Waals surface area contributed by atoms with E-state index in [4.69, 9.17) is 5.73 Å². The van der Waals surface area contributed by atoms with E-state index in [0.29, 0.717) is 42.5 Å². The van der Waals surface area contributed by atoms with Crippen molar-refractivity contribution in [2.45, 2.75) is 74.5 Å². The van der Waals surface area contributed by atoms with Crippen LogP contribution in [0.3, 0.4) is 0 Å². The molecule has 188 valence electrons. The number of rotatable bonds is 6. The molecule has 4 saturated carbocycles. The van der Waals surface area contributed by atoms with Gasteiger partial charge in [-0.1, -0.05) is 12.1 Å². The van der Waals surface area contributed by atoms with E-state index in [1.165, 1.54) is 19.9 Å². The molecule has 11 heteroatoms. The maximum absolute atomic E-state index is 13.5. The number of amides is 2. The summed E-state index contributed by atoms with van der Waals surface area (Å²) in [5.74, 6) is -0.498. The molecule has 0 spiro atoms. The summed E-state index contributed by atoms with van der Waals surface area (Å²) in [6, 6.07) is 3.91. The van der Waals surface area contributed by atoms with Gasteiger partial charge < -0.3 is 11.1 Å². The fourth-order valence-corrected chi connectivity index (χ4v) is 8.30. The zero-order valence-corrected chi connectivity index (χ0v) is 20.2. The molecular formula is C23H30F3N3O4S. The van der Waals surface area contributed by atoms with Gasteiger partial charge in [0.25, 0.3) is 0 Å². The van der Waals surface area contributed by atoms with E-state index in [2.05, 4.69) is 5.32 Å². The fourth-order valence-electron chi connectivity index (χ4n) is 6.61. The van der Waals surface area contributed by atoms with Crippen molar-refractivity contribution in [1.82, 2.24) is 9.62 Å².